The quantitative estimate of drug-likeness (QED) is 0.297. The lowest BCUT2D eigenvalue weighted by Gasteiger charge is -2.19. The molecule has 2 atom stereocenters. The van der Waals surface area contributed by atoms with Crippen LogP contribution >= 0.6 is 0 Å². The Labute approximate surface area is 203 Å². The molecular formula is C22H30N6O6S. The number of carbonyl (C=O) groups is 2. The van der Waals surface area contributed by atoms with Crippen LogP contribution < -0.4 is 15.8 Å². The molecule has 0 aliphatic carbocycles. The summed E-state index contributed by atoms with van der Waals surface area (Å²) in [5.74, 6) is -1.64. The van der Waals surface area contributed by atoms with E-state index in [0.29, 0.717) is 35.6 Å². The minimum atomic E-state index is -4.14. The van der Waals surface area contributed by atoms with Crippen LogP contribution in [0, 0.1) is 20.8 Å². The van der Waals surface area contributed by atoms with E-state index in [1.807, 2.05) is 6.92 Å². The molecule has 35 heavy (non-hydrogen) atoms. The molecule has 0 radical (unpaired) electrons. The van der Waals surface area contributed by atoms with Crippen LogP contribution in [0.15, 0.2) is 28.4 Å². The van der Waals surface area contributed by atoms with Gasteiger partial charge in [-0.3, -0.25) is 9.59 Å². The topological polar surface area (TPSA) is 189 Å². The number of anilines is 1. The zero-order chi connectivity index (χ0) is 25.8. The van der Waals surface area contributed by atoms with Crippen molar-refractivity contribution in [1.29, 1.82) is 0 Å². The first-order valence-electron chi connectivity index (χ1n) is 11.1. The van der Waals surface area contributed by atoms with Crippen molar-refractivity contribution < 1.29 is 28.0 Å². The predicted octanol–water partition coefficient (Wildman–Crippen LogP) is 0.933. The monoisotopic (exact) mass is 506 g/mol. The van der Waals surface area contributed by atoms with Crippen LogP contribution in [0.3, 0.4) is 0 Å². The highest BCUT2D eigenvalue weighted by Gasteiger charge is 2.31. The molecular weight excluding hydrogens is 476 g/mol. The average Bonchev–Trinajstić information content (AvgIpc) is 3.38. The molecule has 1 aliphatic rings. The molecule has 190 valence electrons. The molecule has 2 aromatic rings. The minimum Gasteiger partial charge on any atom is -0.480 e. The molecule has 0 bridgehead atoms. The van der Waals surface area contributed by atoms with E-state index in [2.05, 4.69) is 25.2 Å². The Kier molecular flexibility index (Phi) is 8.12. The summed E-state index contributed by atoms with van der Waals surface area (Å²) in [6, 6.07) is 1.85. The van der Waals surface area contributed by atoms with E-state index >= 15 is 0 Å². The Hall–Kier alpha value is -3.45. The first-order chi connectivity index (χ1) is 16.5. The van der Waals surface area contributed by atoms with Gasteiger partial charge in [0, 0.05) is 18.7 Å². The summed E-state index contributed by atoms with van der Waals surface area (Å²) in [6.45, 7) is 4.68. The predicted molar refractivity (Wildman–Crippen MR) is 128 cm³/mol. The number of aromatic amines is 1. The standard InChI is InChI=1S/C22H30N6O6S/c1-12-7-13(2)19(14(3)8-12)35(32,33)28-17(21(30)31)11-24-20(29)18-9-15(27-34-18)5-4-6-16-10-25-22(23)26-16/h7-8,10,17-18,28H,4-6,9,11H2,1-3H3,(H,24,29)(H,30,31)(H3,23,25,26). The first kappa shape index (κ1) is 26.2. The van der Waals surface area contributed by atoms with Crippen molar-refractivity contribution in [2.45, 2.75) is 63.5 Å². The zero-order valence-electron chi connectivity index (χ0n) is 19.8. The second-order valence-electron chi connectivity index (χ2n) is 8.59. The van der Waals surface area contributed by atoms with E-state index in [0.717, 1.165) is 17.7 Å². The molecule has 12 nitrogen and oxygen atoms in total. The van der Waals surface area contributed by atoms with E-state index < -0.39 is 40.6 Å². The molecule has 6 N–H and O–H groups in total. The summed E-state index contributed by atoms with van der Waals surface area (Å²) in [6.07, 6.45) is 3.09. The number of nitrogens with zero attached hydrogens (tertiary/aromatic N) is 2. The largest absolute Gasteiger partial charge is 0.480 e. The van der Waals surface area contributed by atoms with Gasteiger partial charge in [-0.2, -0.15) is 4.72 Å². The molecule has 0 saturated carbocycles. The summed E-state index contributed by atoms with van der Waals surface area (Å²) in [4.78, 5) is 36.3. The molecule has 1 amide bonds. The Morgan fingerprint density at radius 1 is 1.26 bits per heavy atom. The number of aliphatic carboxylic acids is 1. The van der Waals surface area contributed by atoms with Crippen LogP contribution in [0.25, 0.3) is 0 Å². The van der Waals surface area contributed by atoms with Crippen LogP contribution in [0.1, 0.15) is 41.6 Å². The van der Waals surface area contributed by atoms with Gasteiger partial charge in [0.05, 0.1) is 16.8 Å². The third kappa shape index (κ3) is 6.79. The lowest BCUT2D eigenvalue weighted by atomic mass is 10.1. The average molecular weight is 507 g/mol. The van der Waals surface area contributed by atoms with Crippen LogP contribution in [0.2, 0.25) is 0 Å². The van der Waals surface area contributed by atoms with Gasteiger partial charge < -0.3 is 26.0 Å². The highest BCUT2D eigenvalue weighted by molar-refractivity contribution is 7.89. The normalized spacial score (nSPS) is 16.4. The van der Waals surface area contributed by atoms with E-state index in [9.17, 15) is 23.1 Å². The molecule has 2 unspecified atom stereocenters. The SMILES string of the molecule is Cc1cc(C)c(S(=O)(=O)NC(CNC(=O)C2CC(CCCc3cnc(N)[nH]3)=NO2)C(=O)O)c(C)c1. The van der Waals surface area contributed by atoms with Crippen LogP contribution in [0.4, 0.5) is 5.95 Å². The Morgan fingerprint density at radius 3 is 2.54 bits per heavy atom. The van der Waals surface area contributed by atoms with Gasteiger partial charge in [0.2, 0.25) is 16.1 Å². The number of benzene rings is 1. The summed E-state index contributed by atoms with van der Waals surface area (Å²) >= 11 is 0. The van der Waals surface area contributed by atoms with Crippen molar-refractivity contribution in [2.24, 2.45) is 5.16 Å². The van der Waals surface area contributed by atoms with Gasteiger partial charge in [-0.1, -0.05) is 22.9 Å². The molecule has 0 saturated heterocycles. The zero-order valence-corrected chi connectivity index (χ0v) is 20.6. The highest BCUT2D eigenvalue weighted by atomic mass is 32.2. The van der Waals surface area contributed by atoms with Crippen LogP contribution in [-0.4, -0.2) is 59.8 Å². The fourth-order valence-electron chi connectivity index (χ4n) is 4.03. The fraction of sp³-hybridized carbons (Fsp3) is 0.455. The molecule has 1 aliphatic heterocycles. The fourth-order valence-corrected chi connectivity index (χ4v) is 5.68. The number of sulfonamides is 1. The van der Waals surface area contributed by atoms with E-state index in [1.54, 1.807) is 32.2 Å². The van der Waals surface area contributed by atoms with Crippen LogP contribution in [0.5, 0.6) is 0 Å². The second-order valence-corrected chi connectivity index (χ2v) is 10.2. The number of nitrogens with two attached hydrogens (primary N) is 1. The maximum atomic E-state index is 12.9. The highest BCUT2D eigenvalue weighted by Crippen LogP contribution is 2.22. The summed E-state index contributed by atoms with van der Waals surface area (Å²) in [5.41, 5.74) is 9.05. The Bertz CT molecular complexity index is 1220. The number of aryl methyl sites for hydroxylation is 4. The minimum absolute atomic E-state index is 0.0238. The molecule has 3 rings (SSSR count). The number of hydrogen-bond donors (Lipinski definition) is 5. The third-order valence-electron chi connectivity index (χ3n) is 5.53. The first-order valence-corrected chi connectivity index (χ1v) is 12.6. The maximum Gasteiger partial charge on any atom is 0.323 e. The number of carboxylic acid groups (broad SMARTS) is 1. The number of hydrogen-bond acceptors (Lipinski definition) is 8. The second kappa shape index (κ2) is 10.9. The lowest BCUT2D eigenvalue weighted by Crippen LogP contribution is -2.50. The number of imidazole rings is 1. The van der Waals surface area contributed by atoms with Gasteiger partial charge in [-0.25, -0.2) is 13.4 Å². The number of H-pyrrole nitrogens is 1. The molecule has 0 fully saturated rings. The van der Waals surface area contributed by atoms with Gasteiger partial charge in [0.25, 0.3) is 5.91 Å². The third-order valence-corrected chi connectivity index (χ3v) is 7.31. The van der Waals surface area contributed by atoms with Crippen molar-refractivity contribution in [1.82, 2.24) is 20.0 Å². The number of nitrogens with one attached hydrogen (secondary N) is 3. The number of rotatable bonds is 11. The molecule has 2 heterocycles. The van der Waals surface area contributed by atoms with Crippen molar-refractivity contribution >= 4 is 33.6 Å². The lowest BCUT2D eigenvalue weighted by molar-refractivity contribution is -0.139. The number of oxime groups is 1. The van der Waals surface area contributed by atoms with Gasteiger partial charge in [-0.15, -0.1) is 0 Å². The number of nitrogen functional groups attached to an aromatic ring is 1. The van der Waals surface area contributed by atoms with Gasteiger partial charge in [-0.05, 0) is 51.2 Å². The van der Waals surface area contributed by atoms with E-state index in [1.165, 1.54) is 0 Å². The van der Waals surface area contributed by atoms with E-state index in [4.69, 9.17) is 10.6 Å². The van der Waals surface area contributed by atoms with Crippen molar-refractivity contribution in [3.63, 3.8) is 0 Å². The van der Waals surface area contributed by atoms with Crippen molar-refractivity contribution in [2.75, 3.05) is 12.3 Å². The number of carbonyl (C=O) groups excluding carboxylic acids is 1. The summed E-state index contributed by atoms with van der Waals surface area (Å²) in [7, 11) is -4.14. The smallest absolute Gasteiger partial charge is 0.323 e. The number of carboxylic acids is 1. The van der Waals surface area contributed by atoms with Crippen molar-refractivity contribution in [3.8, 4) is 0 Å². The Morgan fingerprint density at radius 2 is 1.94 bits per heavy atom. The van der Waals surface area contributed by atoms with Gasteiger partial charge in [0.15, 0.2) is 5.95 Å². The number of aromatic nitrogens is 2. The molecule has 1 aromatic carbocycles. The number of amides is 1. The Balaban J connectivity index is 1.51. The van der Waals surface area contributed by atoms with Gasteiger partial charge in [0.1, 0.15) is 6.04 Å². The van der Waals surface area contributed by atoms with Crippen LogP contribution in [-0.2, 0) is 30.9 Å². The van der Waals surface area contributed by atoms with Crippen molar-refractivity contribution in [3.05, 3.63) is 40.7 Å². The van der Waals surface area contributed by atoms with Gasteiger partial charge >= 0.3 is 5.97 Å². The molecule has 1 aromatic heterocycles. The summed E-state index contributed by atoms with van der Waals surface area (Å²) < 4.78 is 28.0. The molecule has 0 spiro atoms. The summed E-state index contributed by atoms with van der Waals surface area (Å²) in [5, 5.41) is 15.9. The maximum absolute atomic E-state index is 12.9. The van der Waals surface area contributed by atoms with E-state index in [-0.39, 0.29) is 11.3 Å². The molecule has 13 heteroatoms.